The Balaban J connectivity index is 2.48. The van der Waals surface area contributed by atoms with Crippen molar-refractivity contribution in [3.05, 3.63) is 29.8 Å². The molecular formula is C15H21NO2. The Bertz CT molecular complexity index is 384. The molecule has 0 spiro atoms. The van der Waals surface area contributed by atoms with Crippen molar-refractivity contribution in [3.8, 4) is 18.1 Å². The van der Waals surface area contributed by atoms with E-state index in [2.05, 4.69) is 18.2 Å². The van der Waals surface area contributed by atoms with Crippen LogP contribution in [0.3, 0.4) is 0 Å². The maximum atomic E-state index is 5.50. The third-order valence-electron chi connectivity index (χ3n) is 2.68. The maximum absolute atomic E-state index is 5.50. The third kappa shape index (κ3) is 5.22. The first-order chi connectivity index (χ1) is 8.77. The normalized spacial score (nSPS) is 11.8. The van der Waals surface area contributed by atoms with Gasteiger partial charge in [0.05, 0.1) is 0 Å². The monoisotopic (exact) mass is 247 g/mol. The van der Waals surface area contributed by atoms with Crippen LogP contribution >= 0.6 is 0 Å². The molecule has 98 valence electrons. The fourth-order valence-corrected chi connectivity index (χ4v) is 1.59. The number of terminal acetylenes is 1. The summed E-state index contributed by atoms with van der Waals surface area (Å²) < 4.78 is 10.6. The Labute approximate surface area is 109 Å². The van der Waals surface area contributed by atoms with E-state index < -0.39 is 0 Å². The largest absolute Gasteiger partial charge is 0.481 e. The van der Waals surface area contributed by atoms with Crippen LogP contribution in [-0.4, -0.2) is 26.4 Å². The molecule has 0 radical (unpaired) electrons. The minimum Gasteiger partial charge on any atom is -0.481 e. The van der Waals surface area contributed by atoms with Gasteiger partial charge in [-0.25, -0.2) is 0 Å². The van der Waals surface area contributed by atoms with Crippen LogP contribution in [0.1, 0.15) is 18.9 Å². The van der Waals surface area contributed by atoms with E-state index >= 15 is 0 Å². The summed E-state index contributed by atoms with van der Waals surface area (Å²) in [6.07, 6.45) is 6.19. The van der Waals surface area contributed by atoms with Crippen LogP contribution in [0.25, 0.3) is 0 Å². The van der Waals surface area contributed by atoms with Crippen molar-refractivity contribution in [2.24, 2.45) is 0 Å². The van der Waals surface area contributed by atoms with Crippen LogP contribution in [0, 0.1) is 12.3 Å². The van der Waals surface area contributed by atoms with E-state index in [-0.39, 0.29) is 0 Å². The summed E-state index contributed by atoms with van der Waals surface area (Å²) in [5.74, 6) is 3.33. The van der Waals surface area contributed by atoms with E-state index in [1.54, 1.807) is 7.11 Å². The molecule has 3 nitrogen and oxygen atoms in total. The SMILES string of the molecule is C#CCOc1ccccc1CNC(C)CCOC. The van der Waals surface area contributed by atoms with E-state index in [9.17, 15) is 0 Å². The van der Waals surface area contributed by atoms with E-state index in [1.165, 1.54) is 0 Å². The highest BCUT2D eigenvalue weighted by molar-refractivity contribution is 5.33. The number of para-hydroxylation sites is 1. The second kappa shape index (κ2) is 8.57. The van der Waals surface area contributed by atoms with Gasteiger partial charge in [-0.05, 0) is 19.4 Å². The van der Waals surface area contributed by atoms with E-state index in [4.69, 9.17) is 15.9 Å². The molecule has 0 fully saturated rings. The molecule has 1 atom stereocenters. The fraction of sp³-hybridized carbons (Fsp3) is 0.467. The van der Waals surface area contributed by atoms with Crippen molar-refractivity contribution in [1.82, 2.24) is 5.32 Å². The predicted octanol–water partition coefficient (Wildman–Crippen LogP) is 2.21. The summed E-state index contributed by atoms with van der Waals surface area (Å²) in [5.41, 5.74) is 1.12. The lowest BCUT2D eigenvalue weighted by Crippen LogP contribution is -2.26. The molecule has 0 bridgehead atoms. The Hall–Kier alpha value is -1.50. The number of benzene rings is 1. The zero-order valence-corrected chi connectivity index (χ0v) is 11.1. The van der Waals surface area contributed by atoms with Crippen molar-refractivity contribution in [2.75, 3.05) is 20.3 Å². The third-order valence-corrected chi connectivity index (χ3v) is 2.68. The molecule has 0 aliphatic rings. The zero-order chi connectivity index (χ0) is 13.2. The Kier molecular flexibility index (Phi) is 6.93. The lowest BCUT2D eigenvalue weighted by molar-refractivity contribution is 0.184. The summed E-state index contributed by atoms with van der Waals surface area (Å²) in [7, 11) is 1.72. The van der Waals surface area contributed by atoms with Crippen molar-refractivity contribution >= 4 is 0 Å². The summed E-state index contributed by atoms with van der Waals surface area (Å²) >= 11 is 0. The predicted molar refractivity (Wildman–Crippen MR) is 73.6 cm³/mol. The highest BCUT2D eigenvalue weighted by Gasteiger charge is 2.05. The van der Waals surface area contributed by atoms with Gasteiger partial charge in [-0.2, -0.15) is 0 Å². The van der Waals surface area contributed by atoms with Gasteiger partial charge in [0.15, 0.2) is 0 Å². The molecule has 1 aromatic carbocycles. The van der Waals surface area contributed by atoms with Gasteiger partial charge in [0.25, 0.3) is 0 Å². The molecule has 1 rings (SSSR count). The second-order valence-corrected chi connectivity index (χ2v) is 4.16. The number of methoxy groups -OCH3 is 1. The average Bonchev–Trinajstić information content (AvgIpc) is 2.41. The molecule has 0 heterocycles. The molecule has 0 aliphatic carbocycles. The average molecular weight is 247 g/mol. The number of ether oxygens (including phenoxy) is 2. The minimum atomic E-state index is 0.302. The summed E-state index contributed by atoms with van der Waals surface area (Å²) in [6, 6.07) is 8.34. The van der Waals surface area contributed by atoms with Gasteiger partial charge < -0.3 is 14.8 Å². The van der Waals surface area contributed by atoms with Gasteiger partial charge in [0, 0.05) is 31.9 Å². The molecule has 1 N–H and O–H groups in total. The van der Waals surface area contributed by atoms with Gasteiger partial charge in [-0.1, -0.05) is 24.1 Å². The zero-order valence-electron chi connectivity index (χ0n) is 11.1. The second-order valence-electron chi connectivity index (χ2n) is 4.16. The van der Waals surface area contributed by atoms with Crippen LogP contribution in [0.4, 0.5) is 0 Å². The number of nitrogens with one attached hydrogen (secondary N) is 1. The molecule has 0 saturated carbocycles. The molecular weight excluding hydrogens is 226 g/mol. The molecule has 18 heavy (non-hydrogen) atoms. The highest BCUT2D eigenvalue weighted by atomic mass is 16.5. The Morgan fingerprint density at radius 1 is 1.39 bits per heavy atom. The van der Waals surface area contributed by atoms with Gasteiger partial charge in [0.1, 0.15) is 12.4 Å². The van der Waals surface area contributed by atoms with Crippen LogP contribution in [0.5, 0.6) is 5.75 Å². The highest BCUT2D eigenvalue weighted by Crippen LogP contribution is 2.17. The first-order valence-electron chi connectivity index (χ1n) is 6.14. The Morgan fingerprint density at radius 2 is 2.17 bits per heavy atom. The Morgan fingerprint density at radius 3 is 2.89 bits per heavy atom. The standard InChI is InChI=1S/C15H21NO2/c1-4-10-18-15-8-6-5-7-14(15)12-16-13(2)9-11-17-3/h1,5-8,13,16H,9-12H2,2-3H3. The molecule has 3 heteroatoms. The lowest BCUT2D eigenvalue weighted by atomic mass is 10.1. The number of hydrogen-bond donors (Lipinski definition) is 1. The first kappa shape index (κ1) is 14.6. The van der Waals surface area contributed by atoms with Crippen LogP contribution in [0.2, 0.25) is 0 Å². The molecule has 1 unspecified atom stereocenters. The quantitative estimate of drug-likeness (QED) is 0.714. The molecule has 1 aromatic rings. The number of hydrogen-bond acceptors (Lipinski definition) is 3. The van der Waals surface area contributed by atoms with Crippen LogP contribution in [-0.2, 0) is 11.3 Å². The lowest BCUT2D eigenvalue weighted by Gasteiger charge is -2.15. The van der Waals surface area contributed by atoms with E-state index in [0.29, 0.717) is 12.6 Å². The summed E-state index contributed by atoms with van der Waals surface area (Å²) in [6.45, 7) is 3.98. The summed E-state index contributed by atoms with van der Waals surface area (Å²) in [4.78, 5) is 0. The first-order valence-corrected chi connectivity index (χ1v) is 6.14. The van der Waals surface area contributed by atoms with Gasteiger partial charge in [0.2, 0.25) is 0 Å². The molecule has 0 saturated heterocycles. The minimum absolute atomic E-state index is 0.302. The van der Waals surface area contributed by atoms with Crippen molar-refractivity contribution in [3.63, 3.8) is 0 Å². The fourth-order valence-electron chi connectivity index (χ4n) is 1.59. The van der Waals surface area contributed by atoms with Crippen molar-refractivity contribution in [1.29, 1.82) is 0 Å². The van der Waals surface area contributed by atoms with Crippen LogP contribution in [0.15, 0.2) is 24.3 Å². The summed E-state index contributed by atoms with van der Waals surface area (Å²) in [5, 5.41) is 3.44. The van der Waals surface area contributed by atoms with E-state index in [0.717, 1.165) is 30.9 Å². The van der Waals surface area contributed by atoms with Gasteiger partial charge >= 0.3 is 0 Å². The topological polar surface area (TPSA) is 30.5 Å². The van der Waals surface area contributed by atoms with E-state index in [1.807, 2.05) is 24.3 Å². The van der Waals surface area contributed by atoms with Crippen molar-refractivity contribution < 1.29 is 9.47 Å². The molecule has 0 aromatic heterocycles. The molecule has 0 amide bonds. The van der Waals surface area contributed by atoms with Gasteiger partial charge in [-0.3, -0.25) is 0 Å². The van der Waals surface area contributed by atoms with Crippen molar-refractivity contribution in [2.45, 2.75) is 25.9 Å². The smallest absolute Gasteiger partial charge is 0.148 e. The van der Waals surface area contributed by atoms with Gasteiger partial charge in [-0.15, -0.1) is 6.42 Å². The molecule has 0 aliphatic heterocycles. The van der Waals surface area contributed by atoms with Crippen LogP contribution < -0.4 is 10.1 Å². The number of rotatable bonds is 8. The maximum Gasteiger partial charge on any atom is 0.148 e.